The second-order valence-corrected chi connectivity index (χ2v) is 5.22. The van der Waals surface area contributed by atoms with E-state index in [4.69, 9.17) is 17.3 Å². The van der Waals surface area contributed by atoms with Crippen LogP contribution in [0.5, 0.6) is 0 Å². The van der Waals surface area contributed by atoms with E-state index in [2.05, 4.69) is 0 Å². The number of carbonyl (C=O) groups is 1. The minimum Gasteiger partial charge on any atom is -0.338 e. The molecule has 2 rings (SSSR count). The molecular weight excluding hydrogens is 290 g/mol. The summed E-state index contributed by atoms with van der Waals surface area (Å²) in [5.74, 6) is -0.464. The number of rotatable bonds is 1. The average Bonchev–Trinajstić information content (AvgIpc) is 2.35. The van der Waals surface area contributed by atoms with Crippen LogP contribution in [0.3, 0.4) is 0 Å². The van der Waals surface area contributed by atoms with E-state index in [-0.39, 0.29) is 35.3 Å². The topological polar surface area (TPSA) is 46.3 Å². The summed E-state index contributed by atoms with van der Waals surface area (Å²) in [5.41, 5.74) is 6.24. The van der Waals surface area contributed by atoms with Gasteiger partial charge in [0.05, 0.1) is 5.02 Å². The summed E-state index contributed by atoms with van der Waals surface area (Å²) in [5, 5.41) is 0.0283. The van der Waals surface area contributed by atoms with Gasteiger partial charge >= 0.3 is 0 Å². The van der Waals surface area contributed by atoms with Crippen LogP contribution < -0.4 is 5.73 Å². The molecule has 1 aliphatic rings. The van der Waals surface area contributed by atoms with Crippen molar-refractivity contribution in [3.05, 3.63) is 34.6 Å². The van der Waals surface area contributed by atoms with Crippen molar-refractivity contribution < 1.29 is 9.18 Å². The molecule has 2 N–H and O–H groups in total. The van der Waals surface area contributed by atoms with Crippen molar-refractivity contribution in [1.29, 1.82) is 0 Å². The Kier molecular flexibility index (Phi) is 5.59. The Morgan fingerprint density at radius 2 is 2.21 bits per heavy atom. The van der Waals surface area contributed by atoms with E-state index in [0.29, 0.717) is 18.7 Å². The first kappa shape index (κ1) is 16.2. The molecule has 1 fully saturated rings. The minimum atomic E-state index is -0.565. The number of carbonyl (C=O) groups excluding carboxylic acids is 1. The third-order valence-corrected chi connectivity index (χ3v) is 3.73. The molecule has 19 heavy (non-hydrogen) atoms. The highest BCUT2D eigenvalue weighted by atomic mass is 35.5. The van der Waals surface area contributed by atoms with Crippen LogP contribution in [-0.4, -0.2) is 29.9 Å². The van der Waals surface area contributed by atoms with Crippen molar-refractivity contribution >= 4 is 29.9 Å². The zero-order chi connectivity index (χ0) is 13.3. The molecule has 2 unspecified atom stereocenters. The number of nitrogens with zero attached hydrogens (tertiary/aromatic N) is 1. The van der Waals surface area contributed by atoms with Crippen LogP contribution in [0.15, 0.2) is 18.2 Å². The van der Waals surface area contributed by atoms with Crippen molar-refractivity contribution in [3.8, 4) is 0 Å². The third-order valence-electron chi connectivity index (χ3n) is 3.43. The van der Waals surface area contributed by atoms with Gasteiger partial charge in [-0.3, -0.25) is 4.79 Å². The van der Waals surface area contributed by atoms with E-state index in [0.717, 1.165) is 6.42 Å². The van der Waals surface area contributed by atoms with Gasteiger partial charge in [-0.1, -0.05) is 18.5 Å². The van der Waals surface area contributed by atoms with Gasteiger partial charge in [0.1, 0.15) is 5.82 Å². The lowest BCUT2D eigenvalue weighted by Gasteiger charge is -2.35. The predicted octanol–water partition coefficient (Wildman–Crippen LogP) is 2.71. The summed E-state index contributed by atoms with van der Waals surface area (Å²) in [6.07, 6.45) is 0.781. The minimum absolute atomic E-state index is 0. The smallest absolute Gasteiger partial charge is 0.253 e. The summed E-state index contributed by atoms with van der Waals surface area (Å²) in [4.78, 5) is 13.9. The second kappa shape index (κ2) is 6.55. The van der Waals surface area contributed by atoms with Crippen molar-refractivity contribution in [2.75, 3.05) is 13.1 Å². The lowest BCUT2D eigenvalue weighted by Crippen LogP contribution is -2.48. The fraction of sp³-hybridized carbons (Fsp3) is 0.462. The number of piperidine rings is 1. The molecule has 2 atom stereocenters. The molecule has 6 heteroatoms. The van der Waals surface area contributed by atoms with Gasteiger partial charge in [-0.2, -0.15) is 0 Å². The standard InChI is InChI=1S/C13H16ClFN2O.ClH/c1-8-7-17(5-4-12(8)16)13(18)9-2-3-10(14)11(15)6-9;/h2-3,6,8,12H,4-5,7,16H2,1H3;1H. The van der Waals surface area contributed by atoms with Crippen LogP contribution in [0.4, 0.5) is 4.39 Å². The van der Waals surface area contributed by atoms with E-state index < -0.39 is 5.82 Å². The predicted molar refractivity (Wildman–Crippen MR) is 76.3 cm³/mol. The maximum atomic E-state index is 13.3. The number of nitrogens with two attached hydrogens (primary N) is 1. The van der Waals surface area contributed by atoms with Gasteiger partial charge in [-0.15, -0.1) is 12.4 Å². The van der Waals surface area contributed by atoms with Crippen LogP contribution in [0.1, 0.15) is 23.7 Å². The van der Waals surface area contributed by atoms with E-state index in [1.165, 1.54) is 12.1 Å². The summed E-state index contributed by atoms with van der Waals surface area (Å²) >= 11 is 5.60. The first-order chi connectivity index (χ1) is 8.49. The largest absolute Gasteiger partial charge is 0.338 e. The highest BCUT2D eigenvalue weighted by molar-refractivity contribution is 6.30. The van der Waals surface area contributed by atoms with Crippen molar-refractivity contribution in [2.45, 2.75) is 19.4 Å². The normalized spacial score (nSPS) is 22.8. The number of likely N-dealkylation sites (tertiary alicyclic amines) is 1. The van der Waals surface area contributed by atoms with Gasteiger partial charge in [-0.25, -0.2) is 4.39 Å². The van der Waals surface area contributed by atoms with Crippen LogP contribution in [0.25, 0.3) is 0 Å². The molecule has 106 valence electrons. The molecular formula is C13H17Cl2FN2O. The number of hydrogen-bond donors (Lipinski definition) is 1. The van der Waals surface area contributed by atoms with E-state index in [1.807, 2.05) is 6.92 Å². The van der Waals surface area contributed by atoms with Gasteiger partial charge in [0.2, 0.25) is 0 Å². The molecule has 0 saturated carbocycles. The molecule has 1 saturated heterocycles. The monoisotopic (exact) mass is 306 g/mol. The molecule has 1 aliphatic heterocycles. The second-order valence-electron chi connectivity index (χ2n) is 4.81. The maximum absolute atomic E-state index is 13.3. The van der Waals surface area contributed by atoms with E-state index in [1.54, 1.807) is 11.0 Å². The molecule has 0 aliphatic carbocycles. The number of hydrogen-bond acceptors (Lipinski definition) is 2. The molecule has 0 bridgehead atoms. The summed E-state index contributed by atoms with van der Waals surface area (Å²) in [6.45, 7) is 3.26. The van der Waals surface area contributed by atoms with Crippen molar-refractivity contribution in [3.63, 3.8) is 0 Å². The lowest BCUT2D eigenvalue weighted by molar-refractivity contribution is 0.0663. The van der Waals surface area contributed by atoms with Gasteiger partial charge in [-0.05, 0) is 30.5 Å². The van der Waals surface area contributed by atoms with Gasteiger partial charge in [0, 0.05) is 24.7 Å². The van der Waals surface area contributed by atoms with Gasteiger partial charge in [0.15, 0.2) is 0 Å². The van der Waals surface area contributed by atoms with Gasteiger partial charge in [0.25, 0.3) is 5.91 Å². The zero-order valence-corrected chi connectivity index (χ0v) is 12.2. The Balaban J connectivity index is 0.00000180. The zero-order valence-electron chi connectivity index (χ0n) is 10.6. The third kappa shape index (κ3) is 3.59. The molecule has 3 nitrogen and oxygen atoms in total. The lowest BCUT2D eigenvalue weighted by atomic mass is 9.94. The van der Waals surface area contributed by atoms with Crippen molar-refractivity contribution in [2.24, 2.45) is 11.7 Å². The van der Waals surface area contributed by atoms with Crippen LogP contribution in [-0.2, 0) is 0 Å². The molecule has 1 heterocycles. The van der Waals surface area contributed by atoms with Gasteiger partial charge < -0.3 is 10.6 Å². The molecule has 1 aromatic rings. The summed E-state index contributed by atoms with van der Waals surface area (Å²) in [6, 6.07) is 4.27. The SMILES string of the molecule is CC1CN(C(=O)c2ccc(Cl)c(F)c2)CCC1N.Cl. The molecule has 0 spiro atoms. The summed E-state index contributed by atoms with van der Waals surface area (Å²) in [7, 11) is 0. The fourth-order valence-corrected chi connectivity index (χ4v) is 2.28. The Bertz CT molecular complexity index is 470. The average molecular weight is 307 g/mol. The Morgan fingerprint density at radius 1 is 1.53 bits per heavy atom. The fourth-order valence-electron chi connectivity index (χ4n) is 2.16. The Hall–Kier alpha value is -0.840. The number of halogens is 3. The van der Waals surface area contributed by atoms with Crippen LogP contribution in [0.2, 0.25) is 5.02 Å². The van der Waals surface area contributed by atoms with Crippen LogP contribution in [0, 0.1) is 11.7 Å². The molecule has 1 aromatic carbocycles. The number of benzene rings is 1. The van der Waals surface area contributed by atoms with E-state index >= 15 is 0 Å². The number of amides is 1. The van der Waals surface area contributed by atoms with Crippen LogP contribution >= 0.6 is 24.0 Å². The van der Waals surface area contributed by atoms with E-state index in [9.17, 15) is 9.18 Å². The molecule has 0 radical (unpaired) electrons. The first-order valence-electron chi connectivity index (χ1n) is 5.99. The maximum Gasteiger partial charge on any atom is 0.253 e. The highest BCUT2D eigenvalue weighted by Crippen LogP contribution is 2.20. The Labute approximate surface area is 123 Å². The summed E-state index contributed by atoms with van der Waals surface area (Å²) < 4.78 is 13.3. The van der Waals surface area contributed by atoms with Crippen molar-refractivity contribution in [1.82, 2.24) is 4.90 Å². The quantitative estimate of drug-likeness (QED) is 0.867. The Morgan fingerprint density at radius 3 is 2.79 bits per heavy atom. The molecule has 0 aromatic heterocycles. The highest BCUT2D eigenvalue weighted by Gasteiger charge is 2.27. The first-order valence-corrected chi connectivity index (χ1v) is 6.36. The molecule has 1 amide bonds.